The predicted octanol–water partition coefficient (Wildman–Crippen LogP) is 0.362. The Morgan fingerprint density at radius 3 is 2.73 bits per heavy atom. The van der Waals surface area contributed by atoms with Crippen molar-refractivity contribution in [3.05, 3.63) is 29.8 Å². The minimum atomic E-state index is -0.648. The van der Waals surface area contributed by atoms with Gasteiger partial charge in [-0.15, -0.1) is 0 Å². The summed E-state index contributed by atoms with van der Waals surface area (Å²) >= 11 is 0. The lowest BCUT2D eigenvalue weighted by molar-refractivity contribution is 0.128. The largest absolute Gasteiger partial charge is 0.508 e. The van der Waals surface area contributed by atoms with E-state index in [9.17, 15) is 10.2 Å². The fraction of sp³-hybridized carbons (Fsp3) is 0.455. The second kappa shape index (κ2) is 5.70. The SMILES string of the molecule is CNC(CCN)C(O)c1cccc(O)c1. The van der Waals surface area contributed by atoms with Gasteiger partial charge in [0.1, 0.15) is 5.75 Å². The third-order valence-electron chi connectivity index (χ3n) is 2.44. The van der Waals surface area contributed by atoms with Crippen molar-refractivity contribution in [2.45, 2.75) is 18.6 Å². The Morgan fingerprint density at radius 2 is 2.20 bits per heavy atom. The molecule has 15 heavy (non-hydrogen) atoms. The van der Waals surface area contributed by atoms with E-state index in [2.05, 4.69) is 5.32 Å². The molecule has 0 saturated heterocycles. The van der Waals surface area contributed by atoms with E-state index >= 15 is 0 Å². The second-order valence-corrected chi connectivity index (χ2v) is 3.51. The van der Waals surface area contributed by atoms with Crippen LogP contribution in [0.1, 0.15) is 18.1 Å². The van der Waals surface area contributed by atoms with E-state index in [4.69, 9.17) is 5.73 Å². The molecular formula is C11H18N2O2. The molecule has 0 aliphatic heterocycles. The summed E-state index contributed by atoms with van der Waals surface area (Å²) in [5.74, 6) is 0.161. The minimum absolute atomic E-state index is 0.0863. The quantitative estimate of drug-likeness (QED) is 0.566. The van der Waals surface area contributed by atoms with Crippen LogP contribution in [0.25, 0.3) is 0 Å². The van der Waals surface area contributed by atoms with Gasteiger partial charge in [0, 0.05) is 6.04 Å². The highest BCUT2D eigenvalue weighted by Crippen LogP contribution is 2.21. The number of phenolic OH excluding ortho intramolecular Hbond substituents is 1. The summed E-state index contributed by atoms with van der Waals surface area (Å²) in [5.41, 5.74) is 6.15. The topological polar surface area (TPSA) is 78.5 Å². The zero-order valence-corrected chi connectivity index (χ0v) is 8.85. The summed E-state index contributed by atoms with van der Waals surface area (Å²) in [4.78, 5) is 0. The number of phenols is 1. The lowest BCUT2D eigenvalue weighted by atomic mass is 10.00. The summed E-state index contributed by atoms with van der Waals surface area (Å²) in [6.45, 7) is 0.515. The van der Waals surface area contributed by atoms with E-state index in [0.29, 0.717) is 18.5 Å². The maximum atomic E-state index is 10.0. The number of likely N-dealkylation sites (N-methyl/N-ethyl adjacent to an activating group) is 1. The fourth-order valence-electron chi connectivity index (χ4n) is 1.58. The normalized spacial score (nSPS) is 14.9. The number of rotatable bonds is 5. The molecule has 5 N–H and O–H groups in total. The van der Waals surface area contributed by atoms with Crippen LogP contribution >= 0.6 is 0 Å². The van der Waals surface area contributed by atoms with Gasteiger partial charge in [-0.2, -0.15) is 0 Å². The number of nitrogens with one attached hydrogen (secondary N) is 1. The zero-order chi connectivity index (χ0) is 11.3. The third kappa shape index (κ3) is 3.20. The molecule has 0 aliphatic rings. The van der Waals surface area contributed by atoms with Crippen molar-refractivity contribution >= 4 is 0 Å². The molecule has 0 radical (unpaired) electrons. The number of aliphatic hydroxyl groups is 1. The van der Waals surface area contributed by atoms with E-state index in [-0.39, 0.29) is 11.8 Å². The van der Waals surface area contributed by atoms with E-state index in [1.165, 1.54) is 0 Å². The molecule has 0 aromatic heterocycles. The lowest BCUT2D eigenvalue weighted by Gasteiger charge is -2.22. The number of aliphatic hydroxyl groups excluding tert-OH is 1. The average molecular weight is 210 g/mol. The van der Waals surface area contributed by atoms with Crippen LogP contribution in [-0.4, -0.2) is 29.8 Å². The standard InChI is InChI=1S/C11H18N2O2/c1-13-10(5-6-12)11(15)8-3-2-4-9(14)7-8/h2-4,7,10-11,13-15H,5-6,12H2,1H3. The van der Waals surface area contributed by atoms with Crippen LogP contribution in [-0.2, 0) is 0 Å². The molecule has 0 heterocycles. The molecular weight excluding hydrogens is 192 g/mol. The first-order valence-corrected chi connectivity index (χ1v) is 5.03. The van der Waals surface area contributed by atoms with Crippen molar-refractivity contribution < 1.29 is 10.2 Å². The third-order valence-corrected chi connectivity index (χ3v) is 2.44. The number of aromatic hydroxyl groups is 1. The van der Waals surface area contributed by atoms with Crippen LogP contribution in [0.4, 0.5) is 0 Å². The van der Waals surface area contributed by atoms with Crippen molar-refractivity contribution in [2.75, 3.05) is 13.6 Å². The van der Waals surface area contributed by atoms with E-state index in [1.807, 2.05) is 0 Å². The Labute approximate surface area is 89.7 Å². The molecule has 0 spiro atoms. The monoisotopic (exact) mass is 210 g/mol. The van der Waals surface area contributed by atoms with E-state index in [0.717, 1.165) is 0 Å². The molecule has 2 unspecified atom stereocenters. The molecule has 1 rings (SSSR count). The summed E-state index contributed by atoms with van der Waals surface area (Å²) < 4.78 is 0. The molecule has 0 aliphatic carbocycles. The van der Waals surface area contributed by atoms with Gasteiger partial charge in [-0.25, -0.2) is 0 Å². The van der Waals surface area contributed by atoms with Crippen molar-refractivity contribution in [3.63, 3.8) is 0 Å². The highest BCUT2D eigenvalue weighted by Gasteiger charge is 2.18. The highest BCUT2D eigenvalue weighted by atomic mass is 16.3. The maximum Gasteiger partial charge on any atom is 0.115 e. The Kier molecular flexibility index (Phi) is 4.55. The van der Waals surface area contributed by atoms with E-state index < -0.39 is 6.10 Å². The van der Waals surface area contributed by atoms with E-state index in [1.54, 1.807) is 31.3 Å². The predicted molar refractivity (Wildman–Crippen MR) is 59.6 cm³/mol. The molecule has 4 nitrogen and oxygen atoms in total. The van der Waals surface area contributed by atoms with Gasteiger partial charge in [-0.1, -0.05) is 12.1 Å². The van der Waals surface area contributed by atoms with Crippen LogP contribution in [0.3, 0.4) is 0 Å². The van der Waals surface area contributed by atoms with Gasteiger partial charge in [0.2, 0.25) is 0 Å². The molecule has 1 aromatic carbocycles. The molecule has 4 heteroatoms. The van der Waals surface area contributed by atoms with Crippen molar-refractivity contribution in [2.24, 2.45) is 5.73 Å². The van der Waals surface area contributed by atoms with Gasteiger partial charge in [0.05, 0.1) is 6.10 Å². The summed E-state index contributed by atoms with van der Waals surface area (Å²) in [5, 5.41) is 22.3. The molecule has 0 fully saturated rings. The first-order chi connectivity index (χ1) is 7.19. The highest BCUT2D eigenvalue weighted by molar-refractivity contribution is 5.29. The number of hydrogen-bond donors (Lipinski definition) is 4. The summed E-state index contributed by atoms with van der Waals surface area (Å²) in [7, 11) is 1.78. The van der Waals surface area contributed by atoms with Gasteiger partial charge < -0.3 is 21.3 Å². The minimum Gasteiger partial charge on any atom is -0.508 e. The van der Waals surface area contributed by atoms with Gasteiger partial charge in [-0.3, -0.25) is 0 Å². The first-order valence-electron chi connectivity index (χ1n) is 5.03. The molecule has 0 saturated carbocycles. The zero-order valence-electron chi connectivity index (χ0n) is 8.85. The molecule has 2 atom stereocenters. The summed E-state index contributed by atoms with van der Waals surface area (Å²) in [6, 6.07) is 6.55. The smallest absolute Gasteiger partial charge is 0.115 e. The molecule has 1 aromatic rings. The molecule has 0 amide bonds. The van der Waals surface area contributed by atoms with Gasteiger partial charge >= 0.3 is 0 Å². The van der Waals surface area contributed by atoms with Crippen LogP contribution < -0.4 is 11.1 Å². The van der Waals surface area contributed by atoms with Crippen LogP contribution in [0.15, 0.2) is 24.3 Å². The first kappa shape index (κ1) is 12.0. The number of benzene rings is 1. The Bertz CT molecular complexity index is 304. The van der Waals surface area contributed by atoms with Gasteiger partial charge in [0.15, 0.2) is 0 Å². The molecule has 84 valence electrons. The number of hydrogen-bond acceptors (Lipinski definition) is 4. The fourth-order valence-corrected chi connectivity index (χ4v) is 1.58. The van der Waals surface area contributed by atoms with Crippen LogP contribution in [0.5, 0.6) is 5.75 Å². The Hall–Kier alpha value is -1.10. The van der Waals surface area contributed by atoms with Crippen molar-refractivity contribution in [3.8, 4) is 5.75 Å². The van der Waals surface area contributed by atoms with Gasteiger partial charge in [-0.05, 0) is 37.7 Å². The second-order valence-electron chi connectivity index (χ2n) is 3.51. The lowest BCUT2D eigenvalue weighted by Crippen LogP contribution is -2.34. The van der Waals surface area contributed by atoms with Crippen molar-refractivity contribution in [1.29, 1.82) is 0 Å². The van der Waals surface area contributed by atoms with Crippen molar-refractivity contribution in [1.82, 2.24) is 5.32 Å². The Morgan fingerprint density at radius 1 is 1.47 bits per heavy atom. The average Bonchev–Trinajstić information content (AvgIpc) is 2.25. The summed E-state index contributed by atoms with van der Waals surface area (Å²) in [6.07, 6.45) is 0.0403. The Balaban J connectivity index is 2.77. The maximum absolute atomic E-state index is 10.0. The van der Waals surface area contributed by atoms with Crippen LogP contribution in [0.2, 0.25) is 0 Å². The molecule has 0 bridgehead atoms. The van der Waals surface area contributed by atoms with Crippen LogP contribution in [0, 0.1) is 0 Å². The number of nitrogens with two attached hydrogens (primary N) is 1. The van der Waals surface area contributed by atoms with Gasteiger partial charge in [0.25, 0.3) is 0 Å².